The molecule has 0 bridgehead atoms. The molecule has 1 aliphatic heterocycles. The van der Waals surface area contributed by atoms with Gasteiger partial charge in [-0.15, -0.1) is 5.10 Å². The highest BCUT2D eigenvalue weighted by molar-refractivity contribution is 7.91. The van der Waals surface area contributed by atoms with Crippen LogP contribution in [0.4, 0.5) is 26.3 Å². The lowest BCUT2D eigenvalue weighted by molar-refractivity contribution is -0.143. The molecule has 2 heterocycles. The van der Waals surface area contributed by atoms with Gasteiger partial charge in [-0.3, -0.25) is 10.2 Å². The van der Waals surface area contributed by atoms with Gasteiger partial charge >= 0.3 is 12.4 Å². The van der Waals surface area contributed by atoms with Crippen molar-refractivity contribution in [3.05, 3.63) is 41.7 Å². The lowest BCUT2D eigenvalue weighted by Crippen LogP contribution is -2.44. The number of amides is 1. The van der Waals surface area contributed by atoms with Gasteiger partial charge in [-0.25, -0.2) is 23.5 Å². The average Bonchev–Trinajstić information content (AvgIpc) is 3.29. The maximum atomic E-state index is 13.0. The number of aromatic nitrogens is 3. The van der Waals surface area contributed by atoms with Gasteiger partial charge in [0.15, 0.2) is 15.7 Å². The maximum Gasteiger partial charge on any atom is 0.416 e. The second-order valence-electron chi connectivity index (χ2n) is 6.89. The summed E-state index contributed by atoms with van der Waals surface area (Å²) in [6, 6.07) is 0.530. The maximum absolute atomic E-state index is 13.0. The van der Waals surface area contributed by atoms with E-state index in [-0.39, 0.29) is 17.6 Å². The minimum atomic E-state index is -5.01. The average molecular weight is 483 g/mol. The third-order valence-corrected chi connectivity index (χ3v) is 6.13. The van der Waals surface area contributed by atoms with Crippen LogP contribution in [0.1, 0.15) is 17.5 Å². The van der Waals surface area contributed by atoms with Gasteiger partial charge in [0.1, 0.15) is 6.33 Å². The molecule has 2 aromatic rings. The van der Waals surface area contributed by atoms with E-state index in [1.165, 1.54) is 0 Å². The van der Waals surface area contributed by atoms with Crippen LogP contribution in [-0.4, -0.2) is 46.6 Å². The van der Waals surface area contributed by atoms with E-state index in [9.17, 15) is 39.6 Å². The van der Waals surface area contributed by atoms with Crippen molar-refractivity contribution in [2.75, 3.05) is 11.5 Å². The van der Waals surface area contributed by atoms with Crippen LogP contribution in [0.15, 0.2) is 30.6 Å². The summed E-state index contributed by atoms with van der Waals surface area (Å²) in [5.41, 5.74) is 1.31. The molecule has 0 spiro atoms. The van der Waals surface area contributed by atoms with Crippen LogP contribution in [-0.2, 0) is 27.0 Å². The number of benzene rings is 1. The fourth-order valence-electron chi connectivity index (χ4n) is 2.83. The molecule has 8 nitrogen and oxygen atoms in total. The van der Waals surface area contributed by atoms with Crippen molar-refractivity contribution in [1.29, 1.82) is 0 Å². The number of hydrogen-bond acceptors (Lipinski definition) is 6. The van der Waals surface area contributed by atoms with Gasteiger partial charge in [0.2, 0.25) is 0 Å². The van der Waals surface area contributed by atoms with Gasteiger partial charge in [-0.05, 0) is 24.6 Å². The van der Waals surface area contributed by atoms with E-state index in [1.807, 2.05) is 0 Å². The Morgan fingerprint density at radius 3 is 2.25 bits per heavy atom. The number of carbonyl (C=O) groups is 1. The van der Waals surface area contributed by atoms with E-state index in [4.69, 9.17) is 0 Å². The van der Waals surface area contributed by atoms with Crippen LogP contribution >= 0.6 is 0 Å². The molecule has 15 heteroatoms. The quantitative estimate of drug-likeness (QED) is 0.384. The smallest absolute Gasteiger partial charge is 0.288 e. The van der Waals surface area contributed by atoms with E-state index in [0.29, 0.717) is 18.6 Å². The van der Waals surface area contributed by atoms with Crippen LogP contribution < -0.4 is 10.9 Å². The molecule has 1 unspecified atom stereocenters. The Kier molecular flexibility index (Phi) is 6.33. The Morgan fingerprint density at radius 1 is 1.09 bits per heavy atom. The Bertz CT molecular complexity index is 1110. The van der Waals surface area contributed by atoms with Crippen molar-refractivity contribution in [2.24, 2.45) is 0 Å². The standard InChI is InChI=1S/C17H15F6N5O3S/c18-16(19,20)11-5-10(6-12(7-11)17(21,22)23)15-24-9-28(27-15)3-1-14(29)26-25-13-2-4-32(30,31)8-13/h1,3,5-7,9,13,25H,2,4,8H2,(H,26,29)/b3-1-. The molecule has 1 aromatic heterocycles. The van der Waals surface area contributed by atoms with Gasteiger partial charge in [0.05, 0.1) is 22.6 Å². The number of hydrogen-bond donors (Lipinski definition) is 2. The van der Waals surface area contributed by atoms with Gasteiger partial charge in [-0.1, -0.05) is 0 Å². The molecule has 2 N–H and O–H groups in total. The highest BCUT2D eigenvalue weighted by atomic mass is 32.2. The largest absolute Gasteiger partial charge is 0.416 e. The Balaban J connectivity index is 1.72. The summed E-state index contributed by atoms with van der Waals surface area (Å²) in [4.78, 5) is 15.5. The minimum Gasteiger partial charge on any atom is -0.288 e. The number of nitrogens with zero attached hydrogens (tertiary/aromatic N) is 3. The van der Waals surface area contributed by atoms with Crippen molar-refractivity contribution in [3.8, 4) is 11.4 Å². The first-order chi connectivity index (χ1) is 14.7. The first-order valence-electron chi connectivity index (χ1n) is 8.88. The fourth-order valence-corrected chi connectivity index (χ4v) is 4.50. The van der Waals surface area contributed by atoms with Crippen LogP contribution in [0, 0.1) is 0 Å². The second kappa shape index (κ2) is 8.54. The lowest BCUT2D eigenvalue weighted by Gasteiger charge is -2.13. The van der Waals surface area contributed by atoms with Crippen LogP contribution in [0.5, 0.6) is 0 Å². The first kappa shape index (κ1) is 23.7. The molecule has 1 atom stereocenters. The zero-order chi connectivity index (χ0) is 23.7. The first-order valence-corrected chi connectivity index (χ1v) is 10.7. The molecule has 1 saturated heterocycles. The zero-order valence-electron chi connectivity index (χ0n) is 15.9. The highest BCUT2D eigenvalue weighted by Gasteiger charge is 2.37. The molecule has 0 aliphatic carbocycles. The molecular weight excluding hydrogens is 468 g/mol. The van der Waals surface area contributed by atoms with Crippen molar-refractivity contribution < 1.29 is 39.6 Å². The number of carbonyl (C=O) groups excluding carboxylic acids is 1. The Labute approximate surface area is 177 Å². The van der Waals surface area contributed by atoms with Gasteiger partial charge in [-0.2, -0.15) is 26.3 Å². The van der Waals surface area contributed by atoms with Crippen molar-refractivity contribution >= 4 is 21.9 Å². The SMILES string of the molecule is O=C(/C=C\n1cnc(-c2cc(C(F)(F)F)cc(C(F)(F)F)c2)n1)NNC1CCS(=O)(=O)C1. The second-order valence-corrected chi connectivity index (χ2v) is 9.12. The summed E-state index contributed by atoms with van der Waals surface area (Å²) in [6.07, 6.45) is -6.68. The fraction of sp³-hybridized carbons (Fsp3) is 0.353. The highest BCUT2D eigenvalue weighted by Crippen LogP contribution is 2.38. The number of nitrogens with one attached hydrogen (secondary N) is 2. The number of halogens is 6. The van der Waals surface area contributed by atoms with Gasteiger partial charge < -0.3 is 0 Å². The molecule has 3 rings (SSSR count). The number of sulfone groups is 1. The molecule has 1 amide bonds. The predicted octanol–water partition coefficient (Wildman–Crippen LogP) is 2.26. The van der Waals surface area contributed by atoms with E-state index in [0.717, 1.165) is 23.3 Å². The van der Waals surface area contributed by atoms with Crippen molar-refractivity contribution in [3.63, 3.8) is 0 Å². The number of hydrazine groups is 1. The summed E-state index contributed by atoms with van der Waals surface area (Å²) >= 11 is 0. The minimum absolute atomic E-state index is 0.00367. The normalized spacial score (nSPS) is 18.9. The number of alkyl halides is 6. The summed E-state index contributed by atoms with van der Waals surface area (Å²) in [5.74, 6) is -1.23. The van der Waals surface area contributed by atoms with Crippen molar-refractivity contribution in [2.45, 2.75) is 24.8 Å². The Morgan fingerprint density at radius 2 is 1.72 bits per heavy atom. The summed E-state index contributed by atoms with van der Waals surface area (Å²) in [6.45, 7) is 0. The van der Waals surface area contributed by atoms with E-state index < -0.39 is 56.7 Å². The molecule has 0 saturated carbocycles. The summed E-state index contributed by atoms with van der Waals surface area (Å²) < 4.78 is 102. The van der Waals surface area contributed by atoms with Gasteiger partial charge in [0, 0.05) is 23.9 Å². The molecule has 174 valence electrons. The number of rotatable bonds is 5. The van der Waals surface area contributed by atoms with Crippen LogP contribution in [0.2, 0.25) is 0 Å². The molecule has 32 heavy (non-hydrogen) atoms. The molecular formula is C17H15F6N5O3S. The monoisotopic (exact) mass is 483 g/mol. The summed E-state index contributed by atoms with van der Waals surface area (Å²) in [7, 11) is -3.14. The van der Waals surface area contributed by atoms with Crippen LogP contribution in [0.3, 0.4) is 0 Å². The van der Waals surface area contributed by atoms with E-state index in [2.05, 4.69) is 20.9 Å². The predicted molar refractivity (Wildman–Crippen MR) is 99.1 cm³/mol. The molecule has 1 aliphatic rings. The summed E-state index contributed by atoms with van der Waals surface area (Å²) in [5, 5.41) is 3.76. The third-order valence-electron chi connectivity index (χ3n) is 4.36. The lowest BCUT2D eigenvalue weighted by atomic mass is 10.0. The molecule has 1 aromatic carbocycles. The van der Waals surface area contributed by atoms with Gasteiger partial charge in [0.25, 0.3) is 5.91 Å². The van der Waals surface area contributed by atoms with Crippen LogP contribution in [0.25, 0.3) is 17.6 Å². The van der Waals surface area contributed by atoms with Crippen molar-refractivity contribution in [1.82, 2.24) is 25.6 Å². The Hall–Kier alpha value is -2.94. The topological polar surface area (TPSA) is 106 Å². The molecule has 0 radical (unpaired) electrons. The third kappa shape index (κ3) is 6.06. The van der Waals surface area contributed by atoms with E-state index >= 15 is 0 Å². The van der Waals surface area contributed by atoms with E-state index in [1.54, 1.807) is 0 Å². The zero-order valence-corrected chi connectivity index (χ0v) is 16.7. The molecule has 1 fully saturated rings.